The van der Waals surface area contributed by atoms with Gasteiger partial charge in [-0.25, -0.2) is 4.39 Å². The fraction of sp³-hybridized carbons (Fsp3) is 0.200. The number of hydrogen-bond donors (Lipinski definition) is 0. The molecule has 2 aromatic heterocycles. The van der Waals surface area contributed by atoms with Gasteiger partial charge in [0, 0.05) is 12.2 Å². The topological polar surface area (TPSA) is 38.1 Å². The van der Waals surface area contributed by atoms with Crippen molar-refractivity contribution in [3.8, 4) is 0 Å². The molecular formula is C20H15BrCl2FN3O. The third-order valence-electron chi connectivity index (χ3n) is 4.73. The Morgan fingerprint density at radius 1 is 1.21 bits per heavy atom. The van der Waals surface area contributed by atoms with E-state index in [0.29, 0.717) is 16.3 Å². The van der Waals surface area contributed by atoms with Gasteiger partial charge in [-0.05, 0) is 60.1 Å². The standard InChI is InChI=1S/C20H15BrCl2FN3O/c1-10(2)26-16(21)8-12-18(26)19(14-7-6-11(22)9-25-14)27(20(12)28)15-5-3-4-13(23)17(15)24/h3-10,19H,1-2H3. The minimum atomic E-state index is -0.642. The molecule has 0 fully saturated rings. The molecule has 1 amide bonds. The predicted octanol–water partition coefficient (Wildman–Crippen LogP) is 6.42. The molecule has 4 nitrogen and oxygen atoms in total. The van der Waals surface area contributed by atoms with E-state index in [9.17, 15) is 9.18 Å². The fourth-order valence-electron chi connectivity index (χ4n) is 3.60. The lowest BCUT2D eigenvalue weighted by molar-refractivity contribution is 0.0992. The molecule has 0 radical (unpaired) electrons. The number of pyridine rings is 1. The molecular weight excluding hydrogens is 468 g/mol. The molecule has 0 bridgehead atoms. The Hall–Kier alpha value is -1.89. The molecule has 144 valence electrons. The number of hydrogen-bond acceptors (Lipinski definition) is 2. The molecule has 1 aliphatic rings. The highest BCUT2D eigenvalue weighted by Crippen LogP contribution is 2.45. The molecule has 0 spiro atoms. The van der Waals surface area contributed by atoms with Crippen molar-refractivity contribution >= 4 is 50.7 Å². The van der Waals surface area contributed by atoms with Gasteiger partial charge in [0.15, 0.2) is 5.82 Å². The maximum absolute atomic E-state index is 14.9. The molecule has 3 heterocycles. The summed E-state index contributed by atoms with van der Waals surface area (Å²) in [6.07, 6.45) is 1.52. The summed E-state index contributed by atoms with van der Waals surface area (Å²) in [6.45, 7) is 4.04. The second-order valence-corrected chi connectivity index (χ2v) is 8.44. The summed E-state index contributed by atoms with van der Waals surface area (Å²) in [5.74, 6) is -0.949. The highest BCUT2D eigenvalue weighted by Gasteiger charge is 2.44. The molecule has 1 aliphatic heterocycles. The van der Waals surface area contributed by atoms with E-state index in [1.165, 1.54) is 17.2 Å². The molecule has 3 aromatic rings. The molecule has 8 heteroatoms. The van der Waals surface area contributed by atoms with Crippen molar-refractivity contribution < 1.29 is 9.18 Å². The van der Waals surface area contributed by atoms with Crippen LogP contribution in [0.1, 0.15) is 47.7 Å². The average Bonchev–Trinajstić information content (AvgIpc) is 3.12. The van der Waals surface area contributed by atoms with Gasteiger partial charge in [0.05, 0.1) is 37.3 Å². The van der Waals surface area contributed by atoms with E-state index in [1.807, 2.05) is 18.4 Å². The van der Waals surface area contributed by atoms with Crippen LogP contribution in [0.5, 0.6) is 0 Å². The average molecular weight is 483 g/mol. The Morgan fingerprint density at radius 2 is 1.96 bits per heavy atom. The highest BCUT2D eigenvalue weighted by atomic mass is 79.9. The number of aromatic nitrogens is 2. The quantitative estimate of drug-likeness (QED) is 0.431. The van der Waals surface area contributed by atoms with Crippen LogP contribution >= 0.6 is 39.1 Å². The zero-order valence-electron chi connectivity index (χ0n) is 15.0. The largest absolute Gasteiger partial charge is 0.334 e. The summed E-state index contributed by atoms with van der Waals surface area (Å²) in [4.78, 5) is 19.2. The first-order valence-corrected chi connectivity index (χ1v) is 10.2. The zero-order valence-corrected chi connectivity index (χ0v) is 18.1. The lowest BCUT2D eigenvalue weighted by atomic mass is 10.1. The van der Waals surface area contributed by atoms with Crippen molar-refractivity contribution in [1.82, 2.24) is 9.55 Å². The number of halogens is 4. The molecule has 1 atom stereocenters. The Balaban J connectivity index is 1.99. The molecule has 0 saturated heterocycles. The third kappa shape index (κ3) is 2.95. The van der Waals surface area contributed by atoms with Crippen molar-refractivity contribution in [3.05, 3.63) is 80.0 Å². The van der Waals surface area contributed by atoms with Crippen LogP contribution in [-0.2, 0) is 0 Å². The minimum absolute atomic E-state index is 0.0439. The van der Waals surface area contributed by atoms with Crippen LogP contribution in [0.25, 0.3) is 0 Å². The van der Waals surface area contributed by atoms with Crippen molar-refractivity contribution in [2.75, 3.05) is 4.90 Å². The summed E-state index contributed by atoms with van der Waals surface area (Å²) >= 11 is 15.5. The molecule has 1 aromatic carbocycles. The van der Waals surface area contributed by atoms with Gasteiger partial charge in [0.25, 0.3) is 5.91 Å². The maximum atomic E-state index is 14.9. The van der Waals surface area contributed by atoms with Crippen molar-refractivity contribution in [1.29, 1.82) is 0 Å². The van der Waals surface area contributed by atoms with Crippen LogP contribution in [0.2, 0.25) is 10.0 Å². The first-order valence-electron chi connectivity index (χ1n) is 8.61. The van der Waals surface area contributed by atoms with Crippen LogP contribution in [0.3, 0.4) is 0 Å². The molecule has 1 unspecified atom stereocenters. The Kier molecular flexibility index (Phi) is 4.98. The molecule has 0 aliphatic carbocycles. The lowest BCUT2D eigenvalue weighted by Crippen LogP contribution is -2.31. The van der Waals surface area contributed by atoms with Gasteiger partial charge >= 0.3 is 0 Å². The van der Waals surface area contributed by atoms with E-state index in [4.69, 9.17) is 23.2 Å². The highest BCUT2D eigenvalue weighted by molar-refractivity contribution is 9.10. The summed E-state index contributed by atoms with van der Waals surface area (Å²) < 4.78 is 17.7. The number of nitrogens with zero attached hydrogens (tertiary/aromatic N) is 3. The number of rotatable bonds is 3. The van der Waals surface area contributed by atoms with Gasteiger partial charge in [0.1, 0.15) is 6.04 Å². The number of anilines is 1. The van der Waals surface area contributed by atoms with Crippen LogP contribution < -0.4 is 4.90 Å². The number of carbonyl (C=O) groups is 1. The SMILES string of the molecule is CC(C)n1c(Br)cc2c1C(c1ccc(Cl)cn1)N(c1cccc(Cl)c1F)C2=O. The molecule has 0 saturated carbocycles. The first-order chi connectivity index (χ1) is 13.3. The predicted molar refractivity (Wildman–Crippen MR) is 112 cm³/mol. The van der Waals surface area contributed by atoms with Gasteiger partial charge in [-0.15, -0.1) is 0 Å². The molecule has 28 heavy (non-hydrogen) atoms. The summed E-state index contributed by atoms with van der Waals surface area (Å²) in [7, 11) is 0. The third-order valence-corrected chi connectivity index (χ3v) is 5.86. The zero-order chi connectivity index (χ0) is 20.2. The molecule has 0 N–H and O–H groups in total. The minimum Gasteiger partial charge on any atom is -0.334 e. The van der Waals surface area contributed by atoms with E-state index in [-0.39, 0.29) is 22.7 Å². The van der Waals surface area contributed by atoms with E-state index < -0.39 is 11.9 Å². The Labute approximate surface area is 180 Å². The van der Waals surface area contributed by atoms with E-state index in [1.54, 1.807) is 30.3 Å². The van der Waals surface area contributed by atoms with Gasteiger partial charge in [-0.3, -0.25) is 14.7 Å². The van der Waals surface area contributed by atoms with Crippen LogP contribution in [0.15, 0.2) is 47.2 Å². The summed E-state index contributed by atoms with van der Waals surface area (Å²) in [6, 6.07) is 9.30. The lowest BCUT2D eigenvalue weighted by Gasteiger charge is -2.28. The van der Waals surface area contributed by atoms with E-state index >= 15 is 0 Å². The van der Waals surface area contributed by atoms with Gasteiger partial charge in [0.2, 0.25) is 0 Å². The Bertz CT molecular complexity index is 1080. The summed E-state index contributed by atoms with van der Waals surface area (Å²) in [5.41, 5.74) is 1.95. The van der Waals surface area contributed by atoms with Crippen molar-refractivity contribution in [3.63, 3.8) is 0 Å². The number of amides is 1. The van der Waals surface area contributed by atoms with Gasteiger partial charge in [-0.1, -0.05) is 29.3 Å². The second-order valence-electron chi connectivity index (χ2n) is 6.78. The van der Waals surface area contributed by atoms with Gasteiger partial charge < -0.3 is 4.57 Å². The van der Waals surface area contributed by atoms with Crippen molar-refractivity contribution in [2.45, 2.75) is 25.9 Å². The van der Waals surface area contributed by atoms with Gasteiger partial charge in [-0.2, -0.15) is 0 Å². The first kappa shape index (κ1) is 19.4. The number of carbonyl (C=O) groups excluding carboxylic acids is 1. The van der Waals surface area contributed by atoms with Crippen molar-refractivity contribution in [2.24, 2.45) is 0 Å². The van der Waals surface area contributed by atoms with Crippen LogP contribution in [-0.4, -0.2) is 15.5 Å². The Morgan fingerprint density at radius 3 is 2.61 bits per heavy atom. The maximum Gasteiger partial charge on any atom is 0.261 e. The second kappa shape index (κ2) is 7.17. The number of benzene rings is 1. The smallest absolute Gasteiger partial charge is 0.261 e. The van der Waals surface area contributed by atoms with E-state index in [0.717, 1.165) is 10.3 Å². The number of fused-ring (bicyclic) bond motifs is 1. The van der Waals surface area contributed by atoms with Crippen LogP contribution in [0, 0.1) is 5.82 Å². The fourth-order valence-corrected chi connectivity index (χ4v) is 4.71. The summed E-state index contributed by atoms with van der Waals surface area (Å²) in [5, 5.41) is 0.437. The monoisotopic (exact) mass is 481 g/mol. The van der Waals surface area contributed by atoms with Crippen LogP contribution in [0.4, 0.5) is 10.1 Å². The molecule has 4 rings (SSSR count). The van der Waals surface area contributed by atoms with E-state index in [2.05, 4.69) is 20.9 Å². The normalized spacial score (nSPS) is 16.2.